The van der Waals surface area contributed by atoms with E-state index in [2.05, 4.69) is 20.3 Å². The lowest BCUT2D eigenvalue weighted by atomic mass is 10.3. The highest BCUT2D eigenvalue weighted by Gasteiger charge is 1.98. The maximum atomic E-state index is 5.08. The lowest BCUT2D eigenvalue weighted by Gasteiger charge is -2.05. The first kappa shape index (κ1) is 12.6. The van der Waals surface area contributed by atoms with Crippen LogP contribution in [0, 0.1) is 0 Å². The molecule has 0 amide bonds. The largest absolute Gasteiger partial charge is 0.481 e. The summed E-state index contributed by atoms with van der Waals surface area (Å²) in [5, 5.41) is 3.36. The summed E-state index contributed by atoms with van der Waals surface area (Å²) in [6.07, 6.45) is 5.65. The fraction of sp³-hybridized carbons (Fsp3) is 0.385. The standard InChI is InChI=1S/C13H18N4O/c1-18-13-6-2-4-11(17-13)10-14-7-3-5-12-15-8-9-16-12/h2,4,6,8-9,14H,3,5,7,10H2,1H3,(H,15,16). The van der Waals surface area contributed by atoms with E-state index in [0.717, 1.165) is 37.4 Å². The maximum Gasteiger partial charge on any atom is 0.213 e. The number of aromatic nitrogens is 3. The average molecular weight is 246 g/mol. The zero-order chi connectivity index (χ0) is 12.6. The van der Waals surface area contributed by atoms with Crippen LogP contribution in [0.4, 0.5) is 0 Å². The molecular weight excluding hydrogens is 228 g/mol. The molecule has 0 spiro atoms. The molecule has 5 heteroatoms. The van der Waals surface area contributed by atoms with Gasteiger partial charge >= 0.3 is 0 Å². The summed E-state index contributed by atoms with van der Waals surface area (Å²) < 4.78 is 5.08. The fourth-order valence-corrected chi connectivity index (χ4v) is 1.70. The van der Waals surface area contributed by atoms with E-state index in [9.17, 15) is 0 Å². The van der Waals surface area contributed by atoms with E-state index >= 15 is 0 Å². The molecule has 0 saturated heterocycles. The van der Waals surface area contributed by atoms with Gasteiger partial charge < -0.3 is 15.0 Å². The van der Waals surface area contributed by atoms with Crippen LogP contribution in [0.2, 0.25) is 0 Å². The number of ether oxygens (including phenoxy) is 1. The van der Waals surface area contributed by atoms with Crippen molar-refractivity contribution in [2.45, 2.75) is 19.4 Å². The molecule has 2 N–H and O–H groups in total. The molecule has 2 aromatic rings. The van der Waals surface area contributed by atoms with Crippen LogP contribution in [-0.4, -0.2) is 28.6 Å². The van der Waals surface area contributed by atoms with Crippen molar-refractivity contribution in [1.29, 1.82) is 0 Å². The van der Waals surface area contributed by atoms with Crippen LogP contribution in [0.15, 0.2) is 30.6 Å². The molecule has 5 nitrogen and oxygen atoms in total. The van der Waals surface area contributed by atoms with E-state index in [-0.39, 0.29) is 0 Å². The summed E-state index contributed by atoms with van der Waals surface area (Å²) >= 11 is 0. The van der Waals surface area contributed by atoms with Crippen molar-refractivity contribution in [2.24, 2.45) is 0 Å². The van der Waals surface area contributed by atoms with Gasteiger partial charge in [-0.2, -0.15) is 0 Å². The van der Waals surface area contributed by atoms with Gasteiger partial charge in [-0.1, -0.05) is 6.07 Å². The van der Waals surface area contributed by atoms with E-state index in [1.54, 1.807) is 13.3 Å². The highest BCUT2D eigenvalue weighted by molar-refractivity contribution is 5.15. The Kier molecular flexibility index (Phi) is 4.72. The van der Waals surface area contributed by atoms with Gasteiger partial charge in [0.2, 0.25) is 5.88 Å². The first-order valence-corrected chi connectivity index (χ1v) is 6.07. The van der Waals surface area contributed by atoms with Gasteiger partial charge in [0, 0.05) is 31.4 Å². The maximum absolute atomic E-state index is 5.08. The normalized spacial score (nSPS) is 10.5. The Hall–Kier alpha value is -1.88. The molecular formula is C13H18N4O. The third-order valence-corrected chi connectivity index (χ3v) is 2.62. The highest BCUT2D eigenvalue weighted by Crippen LogP contribution is 2.06. The van der Waals surface area contributed by atoms with E-state index in [1.165, 1.54) is 0 Å². The van der Waals surface area contributed by atoms with Crippen LogP contribution in [-0.2, 0) is 13.0 Å². The third kappa shape index (κ3) is 3.85. The summed E-state index contributed by atoms with van der Waals surface area (Å²) in [6.45, 7) is 1.70. The Balaban J connectivity index is 1.65. The molecule has 2 rings (SSSR count). The minimum atomic E-state index is 0.657. The number of nitrogens with zero attached hydrogens (tertiary/aromatic N) is 2. The molecule has 0 aliphatic heterocycles. The Bertz CT molecular complexity index is 456. The number of aromatic amines is 1. The molecule has 96 valence electrons. The van der Waals surface area contributed by atoms with Crippen molar-refractivity contribution < 1.29 is 4.74 Å². The summed E-state index contributed by atoms with van der Waals surface area (Å²) in [5.74, 6) is 1.70. The topological polar surface area (TPSA) is 62.8 Å². The Labute approximate surface area is 107 Å². The minimum Gasteiger partial charge on any atom is -0.481 e. The molecule has 0 atom stereocenters. The fourth-order valence-electron chi connectivity index (χ4n) is 1.70. The van der Waals surface area contributed by atoms with Crippen molar-refractivity contribution in [3.63, 3.8) is 0 Å². The Morgan fingerprint density at radius 1 is 1.39 bits per heavy atom. The molecule has 0 unspecified atom stereocenters. The van der Waals surface area contributed by atoms with E-state index in [1.807, 2.05) is 24.4 Å². The van der Waals surface area contributed by atoms with E-state index in [0.29, 0.717) is 5.88 Å². The Morgan fingerprint density at radius 2 is 2.33 bits per heavy atom. The molecule has 0 saturated carbocycles. The van der Waals surface area contributed by atoms with Crippen molar-refractivity contribution in [1.82, 2.24) is 20.3 Å². The van der Waals surface area contributed by atoms with Gasteiger partial charge in [0.1, 0.15) is 5.82 Å². The van der Waals surface area contributed by atoms with Crippen molar-refractivity contribution in [3.05, 3.63) is 42.1 Å². The quantitative estimate of drug-likeness (QED) is 0.727. The van der Waals surface area contributed by atoms with Gasteiger partial charge in [-0.25, -0.2) is 9.97 Å². The second-order valence-electron chi connectivity index (χ2n) is 3.99. The van der Waals surface area contributed by atoms with Gasteiger partial charge in [-0.15, -0.1) is 0 Å². The Morgan fingerprint density at radius 3 is 3.11 bits per heavy atom. The number of hydrogen-bond donors (Lipinski definition) is 2. The second-order valence-corrected chi connectivity index (χ2v) is 3.99. The highest BCUT2D eigenvalue weighted by atomic mass is 16.5. The van der Waals surface area contributed by atoms with Gasteiger partial charge in [0.25, 0.3) is 0 Å². The number of aryl methyl sites for hydroxylation is 1. The number of imidazole rings is 1. The number of H-pyrrole nitrogens is 1. The molecule has 0 aliphatic carbocycles. The second kappa shape index (κ2) is 6.76. The predicted octanol–water partition coefficient (Wildman–Crippen LogP) is 1.54. The average Bonchev–Trinajstić information content (AvgIpc) is 2.92. The van der Waals surface area contributed by atoms with Gasteiger partial charge in [0.15, 0.2) is 0 Å². The van der Waals surface area contributed by atoms with Crippen molar-refractivity contribution in [3.8, 4) is 5.88 Å². The number of nitrogens with one attached hydrogen (secondary N) is 2. The predicted molar refractivity (Wildman–Crippen MR) is 69.4 cm³/mol. The molecule has 0 radical (unpaired) electrons. The molecule has 0 aliphatic rings. The van der Waals surface area contributed by atoms with Crippen LogP contribution < -0.4 is 10.1 Å². The van der Waals surface area contributed by atoms with Crippen LogP contribution in [0.3, 0.4) is 0 Å². The van der Waals surface area contributed by atoms with E-state index in [4.69, 9.17) is 4.74 Å². The lowest BCUT2D eigenvalue weighted by Crippen LogP contribution is -2.16. The van der Waals surface area contributed by atoms with Gasteiger partial charge in [-0.05, 0) is 19.0 Å². The summed E-state index contributed by atoms with van der Waals surface area (Å²) in [5.41, 5.74) is 0.993. The SMILES string of the molecule is COc1cccc(CNCCCc2ncc[nH]2)n1. The molecule has 0 fully saturated rings. The van der Waals surface area contributed by atoms with Crippen LogP contribution >= 0.6 is 0 Å². The molecule has 0 aromatic carbocycles. The minimum absolute atomic E-state index is 0.657. The molecule has 0 bridgehead atoms. The number of hydrogen-bond acceptors (Lipinski definition) is 4. The van der Waals surface area contributed by atoms with Crippen LogP contribution in [0.25, 0.3) is 0 Å². The number of pyridine rings is 1. The molecule has 2 aromatic heterocycles. The zero-order valence-electron chi connectivity index (χ0n) is 10.5. The molecule has 18 heavy (non-hydrogen) atoms. The van der Waals surface area contributed by atoms with Crippen LogP contribution in [0.5, 0.6) is 5.88 Å². The smallest absolute Gasteiger partial charge is 0.213 e. The number of methoxy groups -OCH3 is 1. The zero-order valence-corrected chi connectivity index (χ0v) is 10.5. The monoisotopic (exact) mass is 246 g/mol. The first-order valence-electron chi connectivity index (χ1n) is 6.07. The van der Waals surface area contributed by atoms with E-state index < -0.39 is 0 Å². The first-order chi connectivity index (χ1) is 8.88. The summed E-state index contributed by atoms with van der Waals surface area (Å²) in [7, 11) is 1.63. The van der Waals surface area contributed by atoms with Crippen LogP contribution in [0.1, 0.15) is 17.9 Å². The van der Waals surface area contributed by atoms with Crippen molar-refractivity contribution >= 4 is 0 Å². The van der Waals surface area contributed by atoms with Gasteiger partial charge in [-0.3, -0.25) is 0 Å². The summed E-state index contributed by atoms with van der Waals surface area (Å²) in [6, 6.07) is 5.79. The molecule has 2 heterocycles. The van der Waals surface area contributed by atoms with Crippen molar-refractivity contribution in [2.75, 3.05) is 13.7 Å². The third-order valence-electron chi connectivity index (χ3n) is 2.62. The van der Waals surface area contributed by atoms with Gasteiger partial charge in [0.05, 0.1) is 12.8 Å². The number of rotatable bonds is 7. The lowest BCUT2D eigenvalue weighted by molar-refractivity contribution is 0.395. The summed E-state index contributed by atoms with van der Waals surface area (Å²) in [4.78, 5) is 11.6.